The van der Waals surface area contributed by atoms with E-state index in [0.717, 1.165) is 16.8 Å². The molecule has 2 aromatic rings. The van der Waals surface area contributed by atoms with Gasteiger partial charge in [0.1, 0.15) is 0 Å². The van der Waals surface area contributed by atoms with Gasteiger partial charge in [-0.1, -0.05) is 12.1 Å². The molecular weight excluding hydrogens is 414 g/mol. The summed E-state index contributed by atoms with van der Waals surface area (Å²) in [5, 5.41) is 0. The van der Waals surface area contributed by atoms with Gasteiger partial charge in [-0.15, -0.1) is 0 Å². The molecule has 1 saturated heterocycles. The maximum atomic E-state index is 13.2. The van der Waals surface area contributed by atoms with Crippen LogP contribution in [0.15, 0.2) is 47.4 Å². The van der Waals surface area contributed by atoms with E-state index in [1.807, 2.05) is 39.0 Å². The normalized spacial score (nSPS) is 15.0. The highest BCUT2D eigenvalue weighted by Gasteiger charge is 2.30. The minimum Gasteiger partial charge on any atom is -0.340 e. The number of amides is 2. The molecule has 0 bridgehead atoms. The molecule has 0 atom stereocenters. The third-order valence-corrected chi connectivity index (χ3v) is 7.38. The van der Waals surface area contributed by atoms with Crippen LogP contribution in [0.3, 0.4) is 0 Å². The molecule has 1 aliphatic heterocycles. The number of sulfonamides is 1. The Labute approximate surface area is 184 Å². The highest BCUT2D eigenvalue weighted by Crippen LogP contribution is 2.23. The Kier molecular flexibility index (Phi) is 6.81. The van der Waals surface area contributed by atoms with E-state index in [2.05, 4.69) is 0 Å². The summed E-state index contributed by atoms with van der Waals surface area (Å²) in [6.45, 7) is 9.01. The molecule has 0 unspecified atom stereocenters. The lowest BCUT2D eigenvalue weighted by Gasteiger charge is -2.33. The van der Waals surface area contributed by atoms with E-state index in [9.17, 15) is 18.0 Å². The fourth-order valence-corrected chi connectivity index (χ4v) is 5.36. The van der Waals surface area contributed by atoms with Gasteiger partial charge in [0.2, 0.25) is 15.9 Å². The molecule has 2 amide bonds. The van der Waals surface area contributed by atoms with Crippen molar-refractivity contribution in [2.24, 2.45) is 0 Å². The number of carbonyl (C=O) groups is 2. The summed E-state index contributed by atoms with van der Waals surface area (Å²) in [6, 6.07) is 12.1. The lowest BCUT2D eigenvalue weighted by molar-refractivity contribution is -0.129. The van der Waals surface area contributed by atoms with Crippen molar-refractivity contribution >= 4 is 27.5 Å². The number of piperazine rings is 1. The largest absolute Gasteiger partial charge is 0.340 e. The number of nitrogens with zero attached hydrogens (tertiary/aromatic N) is 3. The van der Waals surface area contributed by atoms with E-state index in [1.54, 1.807) is 21.9 Å². The third-order valence-electron chi connectivity index (χ3n) is 5.48. The maximum Gasteiger partial charge on any atom is 0.258 e. The summed E-state index contributed by atoms with van der Waals surface area (Å²) in [6.07, 6.45) is 0. The zero-order valence-electron chi connectivity index (χ0n) is 18.5. The van der Waals surface area contributed by atoms with Crippen LogP contribution in [0.4, 0.5) is 5.69 Å². The van der Waals surface area contributed by atoms with Crippen LogP contribution in [0.2, 0.25) is 0 Å². The molecule has 1 fully saturated rings. The van der Waals surface area contributed by atoms with Gasteiger partial charge in [-0.25, -0.2) is 8.42 Å². The molecule has 166 valence electrons. The lowest BCUT2D eigenvalue weighted by Crippen LogP contribution is -2.49. The number of hydrogen-bond donors (Lipinski definition) is 0. The number of carbonyl (C=O) groups excluding carboxylic acids is 2. The molecular formula is C23H29N3O4S. The number of aryl methyl sites for hydroxylation is 2. The fourth-order valence-electron chi connectivity index (χ4n) is 3.89. The number of benzene rings is 2. The fraction of sp³-hybridized carbons (Fsp3) is 0.391. The quantitative estimate of drug-likeness (QED) is 0.712. The Balaban J connectivity index is 1.86. The van der Waals surface area contributed by atoms with Crippen molar-refractivity contribution in [3.8, 4) is 0 Å². The molecule has 0 spiro atoms. The second kappa shape index (κ2) is 9.20. The van der Waals surface area contributed by atoms with Gasteiger partial charge in [0.25, 0.3) is 5.91 Å². The predicted octanol–water partition coefficient (Wildman–Crippen LogP) is 2.82. The average Bonchev–Trinajstić information content (AvgIpc) is 2.73. The number of rotatable bonds is 5. The van der Waals surface area contributed by atoms with Crippen molar-refractivity contribution in [3.63, 3.8) is 0 Å². The summed E-state index contributed by atoms with van der Waals surface area (Å²) >= 11 is 0. The Morgan fingerprint density at radius 1 is 0.968 bits per heavy atom. The van der Waals surface area contributed by atoms with Crippen LogP contribution in [0.1, 0.15) is 35.3 Å². The smallest absolute Gasteiger partial charge is 0.258 e. The first-order valence-corrected chi connectivity index (χ1v) is 11.8. The standard InChI is InChI=1S/C23H29N3O4S/c1-5-26(21-14-17(2)13-18(3)15-21)23(28)20-7-6-8-22(16-20)31(29,30)25-11-9-24(10-12-25)19(4)27/h6-8,13-16H,5,9-12H2,1-4H3. The molecule has 3 rings (SSSR count). The highest BCUT2D eigenvalue weighted by atomic mass is 32.2. The maximum absolute atomic E-state index is 13.2. The summed E-state index contributed by atoms with van der Waals surface area (Å²) in [5.74, 6) is -0.304. The molecule has 8 heteroatoms. The second-order valence-corrected chi connectivity index (χ2v) is 9.77. The van der Waals surface area contributed by atoms with Crippen molar-refractivity contribution < 1.29 is 18.0 Å². The van der Waals surface area contributed by atoms with E-state index in [1.165, 1.54) is 23.4 Å². The van der Waals surface area contributed by atoms with Crippen LogP contribution in [0.25, 0.3) is 0 Å². The molecule has 0 aliphatic carbocycles. The van der Waals surface area contributed by atoms with E-state index in [4.69, 9.17) is 0 Å². The van der Waals surface area contributed by atoms with Crippen molar-refractivity contribution in [1.29, 1.82) is 0 Å². The number of hydrogen-bond acceptors (Lipinski definition) is 4. The molecule has 1 heterocycles. The van der Waals surface area contributed by atoms with Gasteiger partial charge in [0, 0.05) is 50.9 Å². The second-order valence-electron chi connectivity index (χ2n) is 7.83. The predicted molar refractivity (Wildman–Crippen MR) is 121 cm³/mol. The van der Waals surface area contributed by atoms with E-state index in [-0.39, 0.29) is 29.8 Å². The van der Waals surface area contributed by atoms with Crippen molar-refractivity contribution in [2.45, 2.75) is 32.6 Å². The Bertz CT molecular complexity index is 1070. The average molecular weight is 444 g/mol. The summed E-state index contributed by atoms with van der Waals surface area (Å²) < 4.78 is 27.6. The van der Waals surface area contributed by atoms with Gasteiger partial charge in [0.05, 0.1) is 4.90 Å². The van der Waals surface area contributed by atoms with Crippen LogP contribution >= 0.6 is 0 Å². The van der Waals surface area contributed by atoms with Crippen LogP contribution in [-0.2, 0) is 14.8 Å². The van der Waals surface area contributed by atoms with Crippen LogP contribution in [0.5, 0.6) is 0 Å². The topological polar surface area (TPSA) is 78.0 Å². The molecule has 1 aliphatic rings. The molecule has 0 aromatic heterocycles. The van der Waals surface area contributed by atoms with Crippen LogP contribution < -0.4 is 4.90 Å². The first-order chi connectivity index (χ1) is 14.6. The summed E-state index contributed by atoms with van der Waals surface area (Å²) in [5.41, 5.74) is 3.23. The number of anilines is 1. The van der Waals surface area contributed by atoms with Crippen molar-refractivity contribution in [3.05, 3.63) is 59.2 Å². The molecule has 0 radical (unpaired) electrons. The van der Waals surface area contributed by atoms with Gasteiger partial charge in [-0.05, 0) is 62.2 Å². The van der Waals surface area contributed by atoms with Gasteiger partial charge >= 0.3 is 0 Å². The minimum absolute atomic E-state index is 0.0596. The van der Waals surface area contributed by atoms with E-state index < -0.39 is 10.0 Å². The van der Waals surface area contributed by atoms with Crippen molar-refractivity contribution in [2.75, 3.05) is 37.6 Å². The van der Waals surface area contributed by atoms with E-state index >= 15 is 0 Å². The SMILES string of the molecule is CCN(C(=O)c1cccc(S(=O)(=O)N2CCN(C(C)=O)CC2)c1)c1cc(C)cc(C)c1. The molecule has 31 heavy (non-hydrogen) atoms. The summed E-state index contributed by atoms with van der Waals surface area (Å²) in [7, 11) is -3.75. The summed E-state index contributed by atoms with van der Waals surface area (Å²) in [4.78, 5) is 28.1. The van der Waals surface area contributed by atoms with Gasteiger partial charge < -0.3 is 9.80 Å². The molecule has 0 saturated carbocycles. The van der Waals surface area contributed by atoms with Crippen LogP contribution in [0, 0.1) is 13.8 Å². The Morgan fingerprint density at radius 3 is 2.13 bits per heavy atom. The van der Waals surface area contributed by atoms with Gasteiger partial charge in [0.15, 0.2) is 0 Å². The third kappa shape index (κ3) is 4.97. The Hall–Kier alpha value is -2.71. The zero-order chi connectivity index (χ0) is 22.8. The first kappa shape index (κ1) is 23.0. The molecule has 7 nitrogen and oxygen atoms in total. The van der Waals surface area contributed by atoms with Crippen LogP contribution in [-0.4, -0.2) is 62.2 Å². The monoisotopic (exact) mass is 443 g/mol. The first-order valence-electron chi connectivity index (χ1n) is 10.4. The van der Waals surface area contributed by atoms with Gasteiger partial charge in [-0.3, -0.25) is 9.59 Å². The van der Waals surface area contributed by atoms with Crippen molar-refractivity contribution in [1.82, 2.24) is 9.21 Å². The van der Waals surface area contributed by atoms with Gasteiger partial charge in [-0.2, -0.15) is 4.31 Å². The van der Waals surface area contributed by atoms with E-state index in [0.29, 0.717) is 25.2 Å². The molecule has 2 aromatic carbocycles. The Morgan fingerprint density at radius 2 is 1.58 bits per heavy atom. The lowest BCUT2D eigenvalue weighted by atomic mass is 10.1. The minimum atomic E-state index is -3.75. The zero-order valence-corrected chi connectivity index (χ0v) is 19.3. The molecule has 0 N–H and O–H groups in total. The highest BCUT2D eigenvalue weighted by molar-refractivity contribution is 7.89.